The monoisotopic (exact) mass is 155 g/mol. The van der Waals surface area contributed by atoms with Crippen LogP contribution in [0.1, 0.15) is 12.5 Å². The Labute approximate surface area is 65.2 Å². The summed E-state index contributed by atoms with van der Waals surface area (Å²) < 4.78 is 1.40. The fourth-order valence-electron chi connectivity index (χ4n) is 1.01. The lowest BCUT2D eigenvalue weighted by atomic mass is 10.3. The predicted octanol–water partition coefficient (Wildman–Crippen LogP) is 1.56. The van der Waals surface area contributed by atoms with Crippen molar-refractivity contribution in [2.75, 3.05) is 0 Å². The molecule has 0 atom stereocenters. The summed E-state index contributed by atoms with van der Waals surface area (Å²) in [6.45, 7) is 5.88. The molecule has 0 aromatic carbocycles. The van der Waals surface area contributed by atoms with Crippen molar-refractivity contribution in [3.63, 3.8) is 0 Å². The fourth-order valence-corrected chi connectivity index (χ4v) is 1.01. The van der Waals surface area contributed by atoms with E-state index in [1.807, 2.05) is 6.92 Å². The first-order chi connectivity index (χ1) is 5.20. The molecule has 0 spiro atoms. The number of aromatic nitrogens is 1. The summed E-state index contributed by atoms with van der Waals surface area (Å²) in [5, 5.41) is 18.5. The summed E-state index contributed by atoms with van der Waals surface area (Å²) in [6.07, 6.45) is 1.50. The van der Waals surface area contributed by atoms with Crippen molar-refractivity contribution in [2.24, 2.45) is 0 Å². The Morgan fingerprint density at radius 3 is 2.55 bits per heavy atom. The Bertz CT molecular complexity index is 276. The Morgan fingerprint density at radius 2 is 2.27 bits per heavy atom. The van der Waals surface area contributed by atoms with Gasteiger partial charge in [0.1, 0.15) is 0 Å². The summed E-state index contributed by atoms with van der Waals surface area (Å²) in [4.78, 5) is 0. The highest BCUT2D eigenvalue weighted by atomic mass is 16.3. The third kappa shape index (κ3) is 1.09. The second-order valence-electron chi connectivity index (χ2n) is 2.23. The summed E-state index contributed by atoms with van der Waals surface area (Å²) in [6, 6.07) is 1.48. The molecule has 60 valence electrons. The zero-order chi connectivity index (χ0) is 8.43. The minimum atomic E-state index is 0.0694. The highest BCUT2D eigenvalue weighted by Crippen LogP contribution is 2.27. The number of hydrogen-bond donors (Lipinski definition) is 2. The molecule has 0 fully saturated rings. The molecule has 0 saturated carbocycles. The molecule has 3 nitrogen and oxygen atoms in total. The second-order valence-corrected chi connectivity index (χ2v) is 2.23. The van der Waals surface area contributed by atoms with Crippen LogP contribution in [0.3, 0.4) is 0 Å². The van der Waals surface area contributed by atoms with Crippen LogP contribution in [0.5, 0.6) is 11.8 Å². The molecule has 0 unspecified atom stereocenters. The van der Waals surface area contributed by atoms with Crippen LogP contribution in [0.15, 0.2) is 12.6 Å². The van der Waals surface area contributed by atoms with E-state index >= 15 is 0 Å². The Hall–Kier alpha value is -1.38. The van der Waals surface area contributed by atoms with Crippen molar-refractivity contribution >= 4 is 6.08 Å². The molecule has 0 aliphatic heterocycles. The van der Waals surface area contributed by atoms with Crippen LogP contribution in [-0.2, 0) is 6.54 Å². The third-order valence-electron chi connectivity index (χ3n) is 1.61. The zero-order valence-electron chi connectivity index (χ0n) is 6.41. The van der Waals surface area contributed by atoms with Crippen LogP contribution >= 0.6 is 0 Å². The van der Waals surface area contributed by atoms with Gasteiger partial charge >= 0.3 is 0 Å². The Morgan fingerprint density at radius 1 is 1.64 bits per heavy atom. The number of aromatic hydroxyl groups is 2. The first-order valence-electron chi connectivity index (χ1n) is 3.44. The maximum atomic E-state index is 9.34. The summed E-state index contributed by atoms with van der Waals surface area (Å²) in [5.74, 6) is 0.139. The molecule has 1 rings (SSSR count). The molecule has 0 radical (unpaired) electrons. The van der Waals surface area contributed by atoms with Gasteiger partial charge in [-0.15, -0.1) is 0 Å². The SMILES string of the molecule is C=Cc1cc(O)n([14CH2]C)c1O. The highest BCUT2D eigenvalue weighted by Gasteiger charge is 2.08. The summed E-state index contributed by atoms with van der Waals surface area (Å²) >= 11 is 0. The van der Waals surface area contributed by atoms with Crippen molar-refractivity contribution in [1.29, 1.82) is 0 Å². The van der Waals surface area contributed by atoms with E-state index in [1.165, 1.54) is 16.7 Å². The molecule has 0 aliphatic carbocycles. The Kier molecular flexibility index (Phi) is 1.89. The lowest BCUT2D eigenvalue weighted by Crippen LogP contribution is -1.91. The van der Waals surface area contributed by atoms with E-state index in [9.17, 15) is 10.2 Å². The van der Waals surface area contributed by atoms with Crippen LogP contribution in [0, 0.1) is 0 Å². The number of nitrogens with zero attached hydrogens (tertiary/aromatic N) is 1. The molecular weight excluding hydrogens is 144 g/mol. The molecular formula is C8H11NO2. The lowest BCUT2D eigenvalue weighted by molar-refractivity contribution is 0.373. The number of rotatable bonds is 2. The maximum absolute atomic E-state index is 9.34. The van der Waals surface area contributed by atoms with Crippen LogP contribution in [0.25, 0.3) is 6.08 Å². The van der Waals surface area contributed by atoms with E-state index in [-0.39, 0.29) is 11.8 Å². The highest BCUT2D eigenvalue weighted by molar-refractivity contribution is 5.56. The van der Waals surface area contributed by atoms with Gasteiger partial charge in [0.25, 0.3) is 0 Å². The molecule has 0 aliphatic rings. The van der Waals surface area contributed by atoms with Gasteiger partial charge in [0.15, 0.2) is 5.88 Å². The fraction of sp³-hybridized carbons (Fsp3) is 0.250. The molecule has 3 heteroatoms. The maximum Gasteiger partial charge on any atom is 0.201 e. The van der Waals surface area contributed by atoms with Gasteiger partial charge in [0, 0.05) is 18.2 Å². The van der Waals surface area contributed by atoms with Gasteiger partial charge in [0.05, 0.1) is 0 Å². The first-order valence-corrected chi connectivity index (χ1v) is 3.44. The average Bonchev–Trinajstić information content (AvgIpc) is 2.26. The van der Waals surface area contributed by atoms with Gasteiger partial charge in [-0.3, -0.25) is 4.57 Å². The van der Waals surface area contributed by atoms with Gasteiger partial charge < -0.3 is 10.2 Å². The normalized spacial score (nSPS) is 9.91. The van der Waals surface area contributed by atoms with Gasteiger partial charge in [0.2, 0.25) is 5.88 Å². The summed E-state index contributed by atoms with van der Waals surface area (Å²) in [5.41, 5.74) is 0.560. The van der Waals surface area contributed by atoms with Crippen LogP contribution < -0.4 is 0 Å². The zero-order valence-corrected chi connectivity index (χ0v) is 6.41. The quantitative estimate of drug-likeness (QED) is 0.680. The van der Waals surface area contributed by atoms with Gasteiger partial charge in [-0.05, 0) is 6.92 Å². The number of hydrogen-bond acceptors (Lipinski definition) is 2. The van der Waals surface area contributed by atoms with E-state index in [1.54, 1.807) is 0 Å². The largest absolute Gasteiger partial charge is 0.494 e. The standard InChI is InChI=1S/C8H11NO2/c1-3-6-5-7(10)9(4-2)8(6)11/h3,5,10-11H,1,4H2,2H3/i4+2. The smallest absolute Gasteiger partial charge is 0.201 e. The molecule has 1 aromatic rings. The third-order valence-corrected chi connectivity index (χ3v) is 1.61. The van der Waals surface area contributed by atoms with E-state index in [0.717, 1.165) is 0 Å². The Balaban J connectivity index is 3.24. The topological polar surface area (TPSA) is 45.4 Å². The molecule has 0 saturated heterocycles. The predicted molar refractivity (Wildman–Crippen MR) is 43.5 cm³/mol. The lowest BCUT2D eigenvalue weighted by Gasteiger charge is -2.00. The molecule has 0 amide bonds. The minimum absolute atomic E-state index is 0.0694. The van der Waals surface area contributed by atoms with Gasteiger partial charge in [-0.25, -0.2) is 0 Å². The molecule has 2 N–H and O–H groups in total. The summed E-state index contributed by atoms with van der Waals surface area (Å²) in [7, 11) is 0. The van der Waals surface area contributed by atoms with Crippen molar-refractivity contribution in [1.82, 2.24) is 4.57 Å². The van der Waals surface area contributed by atoms with E-state index in [0.29, 0.717) is 12.1 Å². The minimum Gasteiger partial charge on any atom is -0.494 e. The molecule has 11 heavy (non-hydrogen) atoms. The molecule has 0 bridgehead atoms. The van der Waals surface area contributed by atoms with Crippen LogP contribution in [0.2, 0.25) is 0 Å². The van der Waals surface area contributed by atoms with E-state index < -0.39 is 0 Å². The van der Waals surface area contributed by atoms with Crippen LogP contribution in [0.4, 0.5) is 0 Å². The van der Waals surface area contributed by atoms with Crippen molar-refractivity contribution in [3.05, 3.63) is 18.2 Å². The van der Waals surface area contributed by atoms with Crippen molar-refractivity contribution in [3.8, 4) is 11.8 Å². The van der Waals surface area contributed by atoms with Crippen molar-refractivity contribution < 1.29 is 10.2 Å². The van der Waals surface area contributed by atoms with E-state index in [4.69, 9.17) is 0 Å². The van der Waals surface area contributed by atoms with Gasteiger partial charge in [-0.1, -0.05) is 12.7 Å². The van der Waals surface area contributed by atoms with Crippen molar-refractivity contribution in [2.45, 2.75) is 13.5 Å². The van der Waals surface area contributed by atoms with Crippen LogP contribution in [-0.4, -0.2) is 14.8 Å². The first kappa shape index (κ1) is 7.72. The molecule has 1 heterocycles. The van der Waals surface area contributed by atoms with E-state index in [2.05, 4.69) is 6.58 Å². The average molecular weight is 155 g/mol. The molecule has 1 aromatic heterocycles. The second kappa shape index (κ2) is 2.70. The van der Waals surface area contributed by atoms with Gasteiger partial charge in [-0.2, -0.15) is 0 Å².